The number of benzene rings is 1. The maximum Gasteiger partial charge on any atom is 0.173 e. The number of ketones is 2. The molecular weight excluding hydrogens is 420 g/mol. The van der Waals surface area contributed by atoms with Crippen molar-refractivity contribution in [3.63, 3.8) is 0 Å². The lowest BCUT2D eigenvalue weighted by Gasteiger charge is -2.58. The molecule has 34 heavy (non-hydrogen) atoms. The number of rotatable bonds is 4. The molecule has 3 saturated carbocycles. The fourth-order valence-corrected chi connectivity index (χ4v) is 9.14. The number of fused-ring (bicyclic) bond motifs is 6. The summed E-state index contributed by atoms with van der Waals surface area (Å²) >= 11 is 0. The zero-order chi connectivity index (χ0) is 23.5. The minimum absolute atomic E-state index is 0.111. The number of ether oxygens (including phenoxy) is 1. The van der Waals surface area contributed by atoms with Gasteiger partial charge in [-0.1, -0.05) is 25.5 Å². The maximum absolute atomic E-state index is 13.5. The number of carbonyl (C=O) groups excluding carboxylic acids is 2. The minimum Gasteiger partial charge on any atom is -0.486 e. The van der Waals surface area contributed by atoms with Gasteiger partial charge in [0.05, 0.1) is 0 Å². The SMILES string of the molecule is CC12CCC(=O)C=C1CCC1C2CCC2(C)C(C(=O)COc3ccc4c(c3)CCCC4)CCC12. The van der Waals surface area contributed by atoms with Crippen molar-refractivity contribution >= 4 is 11.6 Å². The predicted octanol–water partition coefficient (Wildman–Crippen LogP) is 6.66. The Morgan fingerprint density at radius 2 is 1.76 bits per heavy atom. The van der Waals surface area contributed by atoms with Crippen LogP contribution in [0.1, 0.15) is 89.2 Å². The Kier molecular flexibility index (Phi) is 5.54. The second kappa shape index (κ2) is 8.35. The highest BCUT2D eigenvalue weighted by Crippen LogP contribution is 2.66. The van der Waals surface area contributed by atoms with Crippen molar-refractivity contribution in [2.75, 3.05) is 6.61 Å². The van der Waals surface area contributed by atoms with Gasteiger partial charge in [-0.05, 0) is 129 Å². The van der Waals surface area contributed by atoms with Gasteiger partial charge >= 0.3 is 0 Å². The zero-order valence-corrected chi connectivity index (χ0v) is 21.0. The fraction of sp³-hybridized carbons (Fsp3) is 0.677. The number of hydrogen-bond donors (Lipinski definition) is 0. The van der Waals surface area contributed by atoms with Crippen LogP contribution in [0.2, 0.25) is 0 Å². The number of hydrogen-bond acceptors (Lipinski definition) is 3. The third-order valence-electron chi connectivity index (χ3n) is 11.1. The number of Topliss-reactive ketones (excluding diaryl/α,β-unsaturated/α-hetero) is 1. The summed E-state index contributed by atoms with van der Waals surface area (Å²) in [6.45, 7) is 5.07. The molecular formula is C31H40O3. The first-order valence-corrected chi connectivity index (χ1v) is 13.9. The lowest BCUT2D eigenvalue weighted by Crippen LogP contribution is -2.51. The topological polar surface area (TPSA) is 43.4 Å². The average molecular weight is 461 g/mol. The zero-order valence-electron chi connectivity index (χ0n) is 21.0. The Hall–Kier alpha value is -1.90. The van der Waals surface area contributed by atoms with Crippen LogP contribution in [0.5, 0.6) is 5.75 Å². The Labute approximate surface area is 204 Å². The Morgan fingerprint density at radius 3 is 2.62 bits per heavy atom. The van der Waals surface area contributed by atoms with Crippen molar-refractivity contribution in [2.24, 2.45) is 34.5 Å². The molecule has 6 unspecified atom stereocenters. The highest BCUT2D eigenvalue weighted by Gasteiger charge is 2.60. The molecule has 0 aromatic heterocycles. The largest absolute Gasteiger partial charge is 0.486 e. The fourth-order valence-electron chi connectivity index (χ4n) is 9.14. The molecule has 0 radical (unpaired) electrons. The Balaban J connectivity index is 1.15. The lowest BCUT2D eigenvalue weighted by molar-refractivity contribution is -0.132. The minimum atomic E-state index is 0.111. The van der Waals surface area contributed by atoms with Gasteiger partial charge in [0.15, 0.2) is 11.6 Å². The molecule has 3 nitrogen and oxygen atoms in total. The predicted molar refractivity (Wildman–Crippen MR) is 134 cm³/mol. The van der Waals surface area contributed by atoms with Crippen LogP contribution in [0.3, 0.4) is 0 Å². The van der Waals surface area contributed by atoms with Crippen molar-refractivity contribution in [1.29, 1.82) is 0 Å². The van der Waals surface area contributed by atoms with E-state index in [-0.39, 0.29) is 23.4 Å². The molecule has 6 atom stereocenters. The van der Waals surface area contributed by atoms with Crippen molar-refractivity contribution in [1.82, 2.24) is 0 Å². The maximum atomic E-state index is 13.5. The molecule has 3 heteroatoms. The molecule has 0 heterocycles. The second-order valence-electron chi connectivity index (χ2n) is 12.5. The Bertz CT molecular complexity index is 1040. The molecule has 0 spiro atoms. The van der Waals surface area contributed by atoms with Gasteiger partial charge in [-0.15, -0.1) is 0 Å². The third kappa shape index (κ3) is 3.52. The molecule has 5 aliphatic carbocycles. The van der Waals surface area contributed by atoms with E-state index in [4.69, 9.17) is 4.74 Å². The van der Waals surface area contributed by atoms with Crippen LogP contribution in [0.4, 0.5) is 0 Å². The van der Waals surface area contributed by atoms with Crippen LogP contribution in [0.25, 0.3) is 0 Å². The van der Waals surface area contributed by atoms with Crippen LogP contribution >= 0.6 is 0 Å². The van der Waals surface area contributed by atoms with Crippen molar-refractivity contribution in [3.8, 4) is 5.75 Å². The number of aryl methyl sites for hydroxylation is 2. The van der Waals surface area contributed by atoms with Gasteiger partial charge in [0.1, 0.15) is 12.4 Å². The number of carbonyl (C=O) groups is 2. The van der Waals surface area contributed by atoms with E-state index in [9.17, 15) is 9.59 Å². The molecule has 1 aromatic carbocycles. The van der Waals surface area contributed by atoms with E-state index in [0.717, 1.165) is 37.9 Å². The summed E-state index contributed by atoms with van der Waals surface area (Å²) in [5, 5.41) is 0. The summed E-state index contributed by atoms with van der Waals surface area (Å²) in [6, 6.07) is 6.44. The standard InChI is InChI=1S/C31H40O3/c1-30-15-13-23(32)18-22(30)8-10-25-26-11-12-28(31(26,2)16-14-27(25)30)29(33)19-34-24-9-7-20-5-3-4-6-21(20)17-24/h7,9,17-18,25-28H,3-6,8,10-16,19H2,1-2H3. The van der Waals surface area contributed by atoms with Gasteiger partial charge in [-0.3, -0.25) is 9.59 Å². The van der Waals surface area contributed by atoms with Crippen molar-refractivity contribution in [2.45, 2.75) is 90.9 Å². The van der Waals surface area contributed by atoms with Crippen LogP contribution in [0.15, 0.2) is 29.8 Å². The quantitative estimate of drug-likeness (QED) is 0.504. The highest BCUT2D eigenvalue weighted by molar-refractivity contribution is 5.91. The van der Waals surface area contributed by atoms with Crippen molar-refractivity contribution in [3.05, 3.63) is 41.0 Å². The second-order valence-corrected chi connectivity index (χ2v) is 12.5. The van der Waals surface area contributed by atoms with Crippen LogP contribution in [-0.2, 0) is 22.4 Å². The van der Waals surface area contributed by atoms with E-state index >= 15 is 0 Å². The van der Waals surface area contributed by atoms with Crippen LogP contribution in [-0.4, -0.2) is 18.2 Å². The normalized spacial score (nSPS) is 38.8. The van der Waals surface area contributed by atoms with E-state index in [1.54, 1.807) is 0 Å². The number of allylic oxidation sites excluding steroid dienone is 1. The van der Waals surface area contributed by atoms with E-state index < -0.39 is 0 Å². The van der Waals surface area contributed by atoms with Crippen LogP contribution in [0, 0.1) is 34.5 Å². The van der Waals surface area contributed by atoms with Crippen molar-refractivity contribution < 1.29 is 14.3 Å². The smallest absolute Gasteiger partial charge is 0.173 e. The first-order valence-electron chi connectivity index (χ1n) is 13.9. The molecule has 5 aliphatic rings. The summed E-state index contributed by atoms with van der Waals surface area (Å²) < 4.78 is 6.09. The summed E-state index contributed by atoms with van der Waals surface area (Å²) in [7, 11) is 0. The summed E-state index contributed by atoms with van der Waals surface area (Å²) in [5.74, 6) is 3.66. The van der Waals surface area contributed by atoms with Gasteiger partial charge in [0, 0.05) is 12.3 Å². The molecule has 0 N–H and O–H groups in total. The molecule has 1 aromatic rings. The van der Waals surface area contributed by atoms with Gasteiger partial charge in [0.25, 0.3) is 0 Å². The van der Waals surface area contributed by atoms with Gasteiger partial charge in [0.2, 0.25) is 0 Å². The molecule has 0 saturated heterocycles. The van der Waals surface area contributed by atoms with E-state index in [1.165, 1.54) is 55.2 Å². The average Bonchev–Trinajstić information content (AvgIpc) is 3.20. The van der Waals surface area contributed by atoms with E-state index in [1.807, 2.05) is 6.08 Å². The summed E-state index contributed by atoms with van der Waals surface area (Å²) in [6.07, 6.45) is 15.4. The molecule has 0 aliphatic heterocycles. The molecule has 0 bridgehead atoms. The monoisotopic (exact) mass is 460 g/mol. The lowest BCUT2D eigenvalue weighted by atomic mass is 9.46. The molecule has 0 amide bonds. The van der Waals surface area contributed by atoms with Gasteiger partial charge in [-0.2, -0.15) is 0 Å². The van der Waals surface area contributed by atoms with Gasteiger partial charge in [-0.25, -0.2) is 0 Å². The summed E-state index contributed by atoms with van der Waals surface area (Å²) in [4.78, 5) is 25.6. The van der Waals surface area contributed by atoms with Crippen LogP contribution < -0.4 is 4.74 Å². The van der Waals surface area contributed by atoms with Gasteiger partial charge < -0.3 is 4.74 Å². The first kappa shape index (κ1) is 22.6. The Morgan fingerprint density at radius 1 is 0.941 bits per heavy atom. The highest BCUT2D eigenvalue weighted by atomic mass is 16.5. The summed E-state index contributed by atoms with van der Waals surface area (Å²) in [5.41, 5.74) is 4.60. The molecule has 6 rings (SSSR count). The molecule has 3 fully saturated rings. The first-order chi connectivity index (χ1) is 16.4. The third-order valence-corrected chi connectivity index (χ3v) is 11.1. The van der Waals surface area contributed by atoms with E-state index in [2.05, 4.69) is 32.0 Å². The van der Waals surface area contributed by atoms with E-state index in [0.29, 0.717) is 35.7 Å². The molecule has 182 valence electrons.